The highest BCUT2D eigenvalue weighted by molar-refractivity contribution is 9.11. The van der Waals surface area contributed by atoms with Crippen LogP contribution in [0.4, 0.5) is 23.2 Å². The number of nitrogens with one attached hydrogen (secondary N) is 1. The molecule has 0 spiro atoms. The number of halogens is 7. The maximum absolute atomic E-state index is 14.1. The highest BCUT2D eigenvalue weighted by Crippen LogP contribution is 2.39. The molecule has 0 saturated carbocycles. The lowest BCUT2D eigenvalue weighted by Crippen LogP contribution is -2.46. The Morgan fingerprint density at radius 2 is 0.829 bits per heavy atom. The molecule has 1 amide bonds. The number of methoxy groups -OCH3 is 2. The molecule has 0 bridgehead atoms. The quantitative estimate of drug-likeness (QED) is 0.0268. The fraction of sp³-hybridized carbons (Fsp3) is 0.466. The van der Waals surface area contributed by atoms with E-state index >= 15 is 0 Å². The van der Waals surface area contributed by atoms with E-state index in [-0.39, 0.29) is 68.8 Å². The summed E-state index contributed by atoms with van der Waals surface area (Å²) >= 11 is 9.30. The lowest BCUT2D eigenvalue weighted by Gasteiger charge is -2.37. The van der Waals surface area contributed by atoms with Gasteiger partial charge in [-0.05, 0) is 219 Å². The molecule has 4 aromatic carbocycles. The van der Waals surface area contributed by atoms with Gasteiger partial charge in [0.25, 0.3) is 0 Å². The zero-order chi connectivity index (χ0) is 80.1. The number of carbonyl (C=O) groups is 3. The Bertz CT molecular complexity index is 3970. The van der Waals surface area contributed by atoms with Gasteiger partial charge in [0.15, 0.2) is 16.6 Å². The Balaban J connectivity index is 0.000000324. The van der Waals surface area contributed by atoms with E-state index in [1.807, 2.05) is 4.90 Å². The molecule has 105 heavy (non-hydrogen) atoms. The summed E-state index contributed by atoms with van der Waals surface area (Å²) in [5.74, 6) is -1.54. The second-order valence-corrected chi connectivity index (χ2v) is 40.2. The van der Waals surface area contributed by atoms with Crippen molar-refractivity contribution in [2.75, 3.05) is 45.3 Å². The molecule has 32 heteroatoms. The molecule has 1 saturated heterocycles. The number of hydrogen-bond acceptors (Lipinski definition) is 22. The van der Waals surface area contributed by atoms with Gasteiger partial charge in [0, 0.05) is 48.4 Å². The number of primary amides is 1. The van der Waals surface area contributed by atoms with Gasteiger partial charge in [-0.3, -0.25) is 4.79 Å². The van der Waals surface area contributed by atoms with Gasteiger partial charge in [0.05, 0.1) is 33.3 Å². The first kappa shape index (κ1) is 92.4. The van der Waals surface area contributed by atoms with E-state index in [1.54, 1.807) is 104 Å². The summed E-state index contributed by atoms with van der Waals surface area (Å²) in [6.07, 6.45) is 2.36. The second-order valence-electron chi connectivity index (χ2n) is 28.1. The third-order valence-electron chi connectivity index (χ3n) is 16.2. The molecule has 0 radical (unpaired) electrons. The summed E-state index contributed by atoms with van der Waals surface area (Å²) in [4.78, 5) is 50.7. The smallest absolute Gasteiger partial charge is 0.334 e. The molecule has 1 aliphatic rings. The lowest BCUT2D eigenvalue weighted by atomic mass is 10.1. The van der Waals surface area contributed by atoms with Crippen molar-refractivity contribution in [1.29, 1.82) is 0 Å². The number of aliphatic hydroxyl groups excluding tert-OH is 3. The summed E-state index contributed by atoms with van der Waals surface area (Å²) in [5.41, 5.74) is 8.68. The van der Waals surface area contributed by atoms with Gasteiger partial charge in [-0.1, -0.05) is 41.5 Å². The minimum Gasteiger partial charge on any atom is -0.467 e. The van der Waals surface area contributed by atoms with Gasteiger partial charge in [0.1, 0.15) is 113 Å². The van der Waals surface area contributed by atoms with Crippen LogP contribution in [0, 0.1) is 23.3 Å². The van der Waals surface area contributed by atoms with Crippen LogP contribution in [0.5, 0.6) is 0 Å². The van der Waals surface area contributed by atoms with Gasteiger partial charge in [0.2, 0.25) is 29.5 Å². The predicted octanol–water partition coefficient (Wildman–Crippen LogP) is 16.2. The molecule has 5 heterocycles. The minimum atomic E-state index is -1.85. The number of piperazine rings is 1. The van der Waals surface area contributed by atoms with Crippen molar-refractivity contribution in [3.63, 3.8) is 0 Å². The third kappa shape index (κ3) is 29.4. The topological polar surface area (TPSA) is 335 Å². The number of esters is 2. The van der Waals surface area contributed by atoms with Crippen LogP contribution in [-0.2, 0) is 43.9 Å². The van der Waals surface area contributed by atoms with Crippen molar-refractivity contribution >= 4 is 88.0 Å². The largest absolute Gasteiger partial charge is 0.467 e. The summed E-state index contributed by atoms with van der Waals surface area (Å²) < 4.78 is 95.3. The van der Waals surface area contributed by atoms with E-state index < -0.39 is 64.3 Å². The maximum Gasteiger partial charge on any atom is 0.334 e. The predicted molar refractivity (Wildman–Crippen MR) is 408 cm³/mol. The van der Waals surface area contributed by atoms with Gasteiger partial charge in [-0.25, -0.2) is 47.1 Å². The fourth-order valence-electron chi connectivity index (χ4n) is 8.07. The van der Waals surface area contributed by atoms with Crippen LogP contribution in [0.1, 0.15) is 140 Å². The number of benzene rings is 4. The molecule has 5 atom stereocenters. The molecule has 0 aliphatic carbocycles. The number of aromatic nitrogens is 4. The Kier molecular flexibility index (Phi) is 35.6. The number of amides is 1. The summed E-state index contributed by atoms with van der Waals surface area (Å²) in [6, 6.07) is 18.6. The summed E-state index contributed by atoms with van der Waals surface area (Å²) in [7, 11) is -1.07. The number of nitrogens with zero attached hydrogens (tertiary/aromatic N) is 5. The number of hydrogen-bond donors (Lipinski definition) is 7. The van der Waals surface area contributed by atoms with Crippen LogP contribution in [0.3, 0.4) is 0 Å². The third-order valence-corrected chi connectivity index (χ3v) is 27.1. The van der Waals surface area contributed by atoms with Gasteiger partial charge < -0.3 is 77.5 Å². The number of oxazole rings is 4. The molecule has 8 aromatic rings. The average Bonchev–Trinajstić information content (AvgIpc) is 1.78. The number of aliphatic hydroxyl groups is 5. The second kappa shape index (κ2) is 40.4. The highest BCUT2D eigenvalue weighted by atomic mass is 79.9. The van der Waals surface area contributed by atoms with Gasteiger partial charge in [-0.2, -0.15) is 0 Å². The SMILES string of the molecule is CC(C)(O)c1nc(-c2ccc(F)c(Br)c2)co1.CC(C)(O)c1nc(-c2ccc(F)c(N3CCNCC3)c2)co1.CC(O)c1nc(-c2ccc(F)c(Br)c2)co1.CC(O)c1nc(-c2ccc(F)c(Br)c2)co1.CC(O[Si](C)(C)C(C)(C)C)C(N)=O.COC(=O)C(C)O.COC(=O)C(C)O[Si](C)(C)C(C)(C)C. The number of nitrogens with two attached hydrogens (primary N) is 1. The van der Waals surface area contributed by atoms with Crippen LogP contribution in [-0.4, -0.2) is 139 Å². The molecule has 1 fully saturated rings. The molecule has 580 valence electrons. The van der Waals surface area contributed by atoms with Crippen molar-refractivity contribution in [2.24, 2.45) is 5.73 Å². The Morgan fingerprint density at radius 1 is 0.514 bits per heavy atom. The van der Waals surface area contributed by atoms with Crippen LogP contribution in [0.15, 0.2) is 129 Å². The Hall–Kier alpha value is -6.80. The zero-order valence-electron chi connectivity index (χ0n) is 63.1. The summed E-state index contributed by atoms with van der Waals surface area (Å²) in [5, 5.41) is 50.0. The fourth-order valence-corrected chi connectivity index (χ4v) is 11.9. The van der Waals surface area contributed by atoms with Crippen molar-refractivity contribution < 1.29 is 93.5 Å². The number of carbonyl (C=O) groups excluding carboxylic acids is 3. The molecule has 8 N–H and O–H groups in total. The first-order valence-electron chi connectivity index (χ1n) is 33.1. The van der Waals surface area contributed by atoms with E-state index in [9.17, 15) is 52.4 Å². The standard InChI is InChI=1S/C16H20FN3O2.C12H11BrFNO2.2C11H9BrFNO2.C10H22O3Si.C9H21NO2Si.C4H8O3/c1-16(2,21)15-19-13(10-22-15)11-3-4-12(17)14(9-11)20-7-5-18-6-8-20;1-12(2,16)11-15-10(6-17-11)7-3-4-9(14)8(13)5-7;2*1-6(15)11-14-10(5-16-11)7-2-3-9(13)8(12)4-7;1-8(9(11)12-5)13-14(6,7)10(2,3)4;1-7(8(10)11)12-13(5,6)9(2,3)4;1-3(5)4(6)7-2/h3-4,9-10,18,21H,5-8H2,1-2H3;3-6,16H,1-2H3;2*2-6,15H,1H3;8H,1-7H3;7H,1-6H3,(H2,10,11);3,5H,1-2H3. The molecule has 5 unspecified atom stereocenters. The molecular formula is C73H100Br3F4N7O16Si2. The van der Waals surface area contributed by atoms with E-state index in [0.717, 1.165) is 48.4 Å². The molecule has 1 aliphatic heterocycles. The lowest BCUT2D eigenvalue weighted by molar-refractivity contribution is -0.149. The van der Waals surface area contributed by atoms with Crippen molar-refractivity contribution in [1.82, 2.24) is 25.3 Å². The monoisotopic (exact) mass is 1700 g/mol. The van der Waals surface area contributed by atoms with E-state index in [2.05, 4.69) is 150 Å². The molecule has 4 aromatic heterocycles. The Morgan fingerprint density at radius 3 is 1.10 bits per heavy atom. The normalized spacial score (nSPS) is 14.0. The van der Waals surface area contributed by atoms with Gasteiger partial charge in [-0.15, -0.1) is 0 Å². The van der Waals surface area contributed by atoms with Crippen LogP contribution >= 0.6 is 47.8 Å². The Labute approximate surface area is 638 Å². The zero-order valence-corrected chi connectivity index (χ0v) is 69.9. The highest BCUT2D eigenvalue weighted by Gasteiger charge is 2.41. The van der Waals surface area contributed by atoms with Crippen molar-refractivity contribution in [3.8, 4) is 45.0 Å². The first-order valence-corrected chi connectivity index (χ1v) is 41.3. The van der Waals surface area contributed by atoms with Crippen LogP contribution in [0.2, 0.25) is 36.3 Å². The molecule has 9 rings (SSSR count). The first-order chi connectivity index (χ1) is 48.3. The van der Waals surface area contributed by atoms with E-state index in [0.29, 0.717) is 41.9 Å². The molecular weight excluding hydrogens is 1600 g/mol. The minimum absolute atomic E-state index is 0.120. The van der Waals surface area contributed by atoms with Crippen LogP contribution in [0.25, 0.3) is 45.0 Å². The number of anilines is 1. The molecule has 23 nitrogen and oxygen atoms in total. The number of rotatable bonds is 16. The van der Waals surface area contributed by atoms with Gasteiger partial charge >= 0.3 is 11.9 Å². The number of ether oxygens (including phenoxy) is 2. The average molecular weight is 1700 g/mol. The summed E-state index contributed by atoms with van der Waals surface area (Å²) in [6.45, 7) is 38.8. The van der Waals surface area contributed by atoms with Crippen molar-refractivity contribution in [2.45, 2.75) is 182 Å². The van der Waals surface area contributed by atoms with E-state index in [1.165, 1.54) is 70.5 Å². The van der Waals surface area contributed by atoms with E-state index in [4.69, 9.17) is 37.4 Å². The van der Waals surface area contributed by atoms with Crippen LogP contribution < -0.4 is 16.0 Å². The van der Waals surface area contributed by atoms with Crippen molar-refractivity contribution in [3.05, 3.63) is 158 Å². The maximum atomic E-state index is 14.1.